The maximum Gasteiger partial charge on any atom is 0.219 e. The molecular weight excluding hydrogens is 186 g/mol. The third kappa shape index (κ3) is 1.79. The van der Waals surface area contributed by atoms with Gasteiger partial charge in [0.05, 0.1) is 0 Å². The fourth-order valence-corrected chi connectivity index (χ4v) is 3.58. The molecule has 3 aliphatic rings. The summed E-state index contributed by atoms with van der Waals surface area (Å²) < 4.78 is 0. The number of hydrogen-bond donors (Lipinski definition) is 1. The molecule has 3 fully saturated rings. The Balaban J connectivity index is 1.86. The predicted molar refractivity (Wildman–Crippen MR) is 61.4 cm³/mol. The van der Waals surface area contributed by atoms with Gasteiger partial charge in [0.15, 0.2) is 0 Å². The molecule has 2 heteroatoms. The van der Waals surface area contributed by atoms with E-state index in [2.05, 4.69) is 19.2 Å². The van der Waals surface area contributed by atoms with E-state index in [1.165, 1.54) is 19.3 Å². The van der Waals surface area contributed by atoms with E-state index < -0.39 is 0 Å². The summed E-state index contributed by atoms with van der Waals surface area (Å²) in [6.45, 7) is 7.63. The van der Waals surface area contributed by atoms with E-state index in [4.69, 9.17) is 0 Å². The first-order chi connectivity index (χ1) is 7.05. The van der Waals surface area contributed by atoms with E-state index in [1.54, 1.807) is 0 Å². The Bertz CT molecular complexity index is 257. The van der Waals surface area contributed by atoms with Crippen LogP contribution in [0.3, 0.4) is 0 Å². The molecule has 1 amide bonds. The summed E-state index contributed by atoms with van der Waals surface area (Å²) in [7, 11) is 0. The van der Waals surface area contributed by atoms with E-state index in [0.717, 1.165) is 24.3 Å². The van der Waals surface area contributed by atoms with Crippen molar-refractivity contribution in [3.05, 3.63) is 0 Å². The van der Waals surface area contributed by atoms with Crippen molar-refractivity contribution in [1.29, 1.82) is 0 Å². The zero-order valence-corrected chi connectivity index (χ0v) is 10.2. The molecular formula is C13H23NO. The summed E-state index contributed by atoms with van der Waals surface area (Å²) in [5, 5.41) is 3.06. The van der Waals surface area contributed by atoms with Gasteiger partial charge in [-0.25, -0.2) is 0 Å². The van der Waals surface area contributed by atoms with Crippen molar-refractivity contribution in [3.8, 4) is 0 Å². The van der Waals surface area contributed by atoms with Crippen molar-refractivity contribution in [3.63, 3.8) is 0 Å². The summed E-state index contributed by atoms with van der Waals surface area (Å²) in [5.41, 5.74) is 0.542. The standard InChI is InChI=1S/C13H23NO/c1-4-12(15)14-8-9-5-6-10-7-11(9)13(10,2)3/h9-11H,4-8H2,1-3H3,(H,14,15)/t9-,10+,11+/m0/s1. The van der Waals surface area contributed by atoms with Gasteiger partial charge < -0.3 is 5.32 Å². The van der Waals surface area contributed by atoms with Crippen LogP contribution in [0.4, 0.5) is 0 Å². The number of hydrogen-bond acceptors (Lipinski definition) is 1. The second kappa shape index (κ2) is 3.80. The van der Waals surface area contributed by atoms with Crippen LogP contribution in [0.1, 0.15) is 46.5 Å². The van der Waals surface area contributed by atoms with Crippen molar-refractivity contribution < 1.29 is 4.79 Å². The Morgan fingerprint density at radius 1 is 1.40 bits per heavy atom. The van der Waals surface area contributed by atoms with Gasteiger partial charge in [0.1, 0.15) is 0 Å². The molecule has 1 N–H and O–H groups in total. The van der Waals surface area contributed by atoms with Crippen molar-refractivity contribution in [2.75, 3.05) is 6.54 Å². The highest BCUT2D eigenvalue weighted by Crippen LogP contribution is 2.61. The highest BCUT2D eigenvalue weighted by atomic mass is 16.1. The van der Waals surface area contributed by atoms with Gasteiger partial charge in [-0.3, -0.25) is 4.79 Å². The smallest absolute Gasteiger partial charge is 0.219 e. The van der Waals surface area contributed by atoms with E-state index in [1.807, 2.05) is 6.92 Å². The minimum Gasteiger partial charge on any atom is -0.356 e. The average molecular weight is 209 g/mol. The largest absolute Gasteiger partial charge is 0.356 e. The molecule has 0 radical (unpaired) electrons. The highest BCUT2D eigenvalue weighted by Gasteiger charge is 2.53. The lowest BCUT2D eigenvalue weighted by Crippen LogP contribution is -2.54. The third-order valence-electron chi connectivity index (χ3n) is 4.88. The zero-order chi connectivity index (χ0) is 11.1. The molecule has 0 unspecified atom stereocenters. The molecule has 86 valence electrons. The van der Waals surface area contributed by atoms with Crippen LogP contribution in [-0.2, 0) is 4.79 Å². The summed E-state index contributed by atoms with van der Waals surface area (Å²) in [4.78, 5) is 11.2. The summed E-state index contributed by atoms with van der Waals surface area (Å²) in [6.07, 6.45) is 4.71. The fourth-order valence-electron chi connectivity index (χ4n) is 3.58. The first-order valence-electron chi connectivity index (χ1n) is 6.32. The number of amides is 1. The number of carbonyl (C=O) groups excluding carboxylic acids is 1. The SMILES string of the molecule is CCC(=O)NC[C@@H]1CC[C@@H]2C[C@H]1C2(C)C. The first-order valence-corrected chi connectivity index (χ1v) is 6.32. The summed E-state index contributed by atoms with van der Waals surface area (Å²) >= 11 is 0. The molecule has 3 saturated carbocycles. The minimum absolute atomic E-state index is 0.203. The minimum atomic E-state index is 0.203. The van der Waals surface area contributed by atoms with Gasteiger partial charge in [-0.2, -0.15) is 0 Å². The molecule has 0 heterocycles. The molecule has 0 aromatic heterocycles. The number of nitrogens with one attached hydrogen (secondary N) is 1. The molecule has 3 rings (SSSR count). The van der Waals surface area contributed by atoms with Crippen LogP contribution >= 0.6 is 0 Å². The maximum atomic E-state index is 11.2. The summed E-state index contributed by atoms with van der Waals surface area (Å²) in [5.74, 6) is 2.75. The topological polar surface area (TPSA) is 29.1 Å². The predicted octanol–water partition coefficient (Wildman–Crippen LogP) is 2.58. The van der Waals surface area contributed by atoms with Crippen LogP contribution in [0.2, 0.25) is 0 Å². The lowest BCUT2D eigenvalue weighted by atomic mass is 9.45. The molecule has 0 spiro atoms. The average Bonchev–Trinajstić information content (AvgIpc) is 2.25. The van der Waals surface area contributed by atoms with Crippen LogP contribution in [0.25, 0.3) is 0 Å². The van der Waals surface area contributed by atoms with Gasteiger partial charge >= 0.3 is 0 Å². The first kappa shape index (κ1) is 11.0. The van der Waals surface area contributed by atoms with E-state index >= 15 is 0 Å². The quantitative estimate of drug-likeness (QED) is 0.760. The van der Waals surface area contributed by atoms with E-state index in [9.17, 15) is 4.79 Å². The normalized spacial score (nSPS) is 36.9. The van der Waals surface area contributed by atoms with Crippen molar-refractivity contribution in [2.45, 2.75) is 46.5 Å². The molecule has 0 aliphatic heterocycles. The van der Waals surface area contributed by atoms with E-state index in [0.29, 0.717) is 11.8 Å². The number of carbonyl (C=O) groups is 1. The van der Waals surface area contributed by atoms with Gasteiger partial charge in [0.2, 0.25) is 5.91 Å². The van der Waals surface area contributed by atoms with Crippen molar-refractivity contribution in [1.82, 2.24) is 5.32 Å². The van der Waals surface area contributed by atoms with Crippen LogP contribution in [0.5, 0.6) is 0 Å². The van der Waals surface area contributed by atoms with Crippen LogP contribution in [0, 0.1) is 23.2 Å². The van der Waals surface area contributed by atoms with Crippen molar-refractivity contribution >= 4 is 5.91 Å². The lowest BCUT2D eigenvalue weighted by Gasteiger charge is -2.60. The summed E-state index contributed by atoms with van der Waals surface area (Å²) in [6, 6.07) is 0. The van der Waals surface area contributed by atoms with Crippen LogP contribution in [-0.4, -0.2) is 12.5 Å². The number of fused-ring (bicyclic) bond motifs is 2. The van der Waals surface area contributed by atoms with Crippen LogP contribution < -0.4 is 5.32 Å². The second-order valence-electron chi connectivity index (χ2n) is 5.86. The molecule has 2 bridgehead atoms. The van der Waals surface area contributed by atoms with Gasteiger partial charge in [0.25, 0.3) is 0 Å². The number of rotatable bonds is 3. The Labute approximate surface area is 92.8 Å². The Morgan fingerprint density at radius 2 is 2.13 bits per heavy atom. The molecule has 15 heavy (non-hydrogen) atoms. The molecule has 0 saturated heterocycles. The van der Waals surface area contributed by atoms with Crippen LogP contribution in [0.15, 0.2) is 0 Å². The molecule has 2 nitrogen and oxygen atoms in total. The molecule has 3 aliphatic carbocycles. The molecule has 0 aromatic rings. The zero-order valence-electron chi connectivity index (χ0n) is 10.2. The monoisotopic (exact) mass is 209 g/mol. The Hall–Kier alpha value is -0.530. The van der Waals surface area contributed by atoms with Gasteiger partial charge in [-0.15, -0.1) is 0 Å². The van der Waals surface area contributed by atoms with Crippen molar-refractivity contribution in [2.24, 2.45) is 23.2 Å². The van der Waals surface area contributed by atoms with Gasteiger partial charge in [-0.05, 0) is 42.4 Å². The highest BCUT2D eigenvalue weighted by molar-refractivity contribution is 5.75. The van der Waals surface area contributed by atoms with Gasteiger partial charge in [0, 0.05) is 13.0 Å². The Morgan fingerprint density at radius 3 is 2.67 bits per heavy atom. The van der Waals surface area contributed by atoms with E-state index in [-0.39, 0.29) is 5.91 Å². The lowest BCUT2D eigenvalue weighted by molar-refractivity contribution is -0.124. The fraction of sp³-hybridized carbons (Fsp3) is 0.923. The second-order valence-corrected chi connectivity index (χ2v) is 5.86. The molecule has 3 atom stereocenters. The third-order valence-corrected chi connectivity index (χ3v) is 4.88. The Kier molecular flexibility index (Phi) is 2.78. The molecule has 0 aromatic carbocycles. The maximum absolute atomic E-state index is 11.2. The van der Waals surface area contributed by atoms with Gasteiger partial charge in [-0.1, -0.05) is 20.8 Å².